The summed E-state index contributed by atoms with van der Waals surface area (Å²) < 4.78 is 10.2. The summed E-state index contributed by atoms with van der Waals surface area (Å²) in [5, 5.41) is 5.51. The average Bonchev–Trinajstić information content (AvgIpc) is 2.50. The Morgan fingerprint density at radius 2 is 1.71 bits per heavy atom. The van der Waals surface area contributed by atoms with Crippen molar-refractivity contribution in [3.8, 4) is 5.75 Å². The van der Waals surface area contributed by atoms with Crippen LogP contribution in [0.2, 0.25) is 0 Å². The predicted octanol–water partition coefficient (Wildman–Crippen LogP) is 2.66. The summed E-state index contributed by atoms with van der Waals surface area (Å²) in [6.45, 7) is 6.43. The summed E-state index contributed by atoms with van der Waals surface area (Å²) in [5.74, 6) is 0.801. The first kappa shape index (κ1) is 19.8. The Kier molecular flexibility index (Phi) is 8.09. The van der Waals surface area contributed by atoms with Crippen molar-refractivity contribution >= 4 is 12.0 Å². The molecule has 1 aromatic carbocycles. The van der Waals surface area contributed by atoms with Crippen LogP contribution < -0.4 is 15.4 Å². The number of hydrogen-bond donors (Lipinski definition) is 2. The Hall–Kier alpha value is -2.24. The van der Waals surface area contributed by atoms with E-state index in [1.165, 1.54) is 0 Å². The smallest absolute Gasteiger partial charge is 0.407 e. The summed E-state index contributed by atoms with van der Waals surface area (Å²) >= 11 is 0. The number of ether oxygens (including phenoxy) is 2. The van der Waals surface area contributed by atoms with Crippen LogP contribution in [0.4, 0.5) is 4.79 Å². The van der Waals surface area contributed by atoms with E-state index in [1.807, 2.05) is 45.0 Å². The van der Waals surface area contributed by atoms with Gasteiger partial charge in [-0.3, -0.25) is 4.79 Å². The number of alkyl carbamates (subject to hydrolysis) is 1. The zero-order chi connectivity index (χ0) is 18.0. The number of nitrogens with one attached hydrogen (secondary N) is 2. The summed E-state index contributed by atoms with van der Waals surface area (Å²) in [6.07, 6.45) is 1.26. The number of benzene rings is 1. The predicted molar refractivity (Wildman–Crippen MR) is 93.2 cm³/mol. The molecule has 0 radical (unpaired) electrons. The summed E-state index contributed by atoms with van der Waals surface area (Å²) in [5.41, 5.74) is 0.630. The second-order valence-corrected chi connectivity index (χ2v) is 6.48. The van der Waals surface area contributed by atoms with Crippen molar-refractivity contribution in [3.63, 3.8) is 0 Å². The molecule has 0 fully saturated rings. The highest BCUT2D eigenvalue weighted by Crippen LogP contribution is 2.11. The van der Waals surface area contributed by atoms with Gasteiger partial charge in [-0.15, -0.1) is 0 Å². The molecule has 24 heavy (non-hydrogen) atoms. The number of hydrogen-bond acceptors (Lipinski definition) is 4. The minimum Gasteiger partial charge on any atom is -0.497 e. The van der Waals surface area contributed by atoms with Crippen molar-refractivity contribution < 1.29 is 19.1 Å². The normalized spacial score (nSPS) is 10.8. The van der Waals surface area contributed by atoms with Gasteiger partial charge in [-0.1, -0.05) is 12.1 Å². The van der Waals surface area contributed by atoms with Gasteiger partial charge < -0.3 is 20.1 Å². The molecule has 0 unspecified atom stereocenters. The third kappa shape index (κ3) is 9.02. The molecule has 0 aliphatic rings. The van der Waals surface area contributed by atoms with E-state index in [0.29, 0.717) is 25.9 Å². The van der Waals surface area contributed by atoms with E-state index in [9.17, 15) is 9.59 Å². The lowest BCUT2D eigenvalue weighted by atomic mass is 10.1. The molecule has 6 heteroatoms. The monoisotopic (exact) mass is 336 g/mol. The van der Waals surface area contributed by atoms with Crippen LogP contribution in [-0.4, -0.2) is 37.8 Å². The number of carbonyl (C=O) groups is 2. The van der Waals surface area contributed by atoms with Crippen molar-refractivity contribution in [2.24, 2.45) is 0 Å². The molecule has 1 rings (SSSR count). The third-order valence-corrected chi connectivity index (χ3v) is 3.14. The highest BCUT2D eigenvalue weighted by molar-refractivity contribution is 5.76. The zero-order valence-electron chi connectivity index (χ0n) is 15.0. The van der Waals surface area contributed by atoms with Gasteiger partial charge in [0.1, 0.15) is 11.4 Å². The second-order valence-electron chi connectivity index (χ2n) is 6.48. The number of rotatable bonds is 8. The highest BCUT2D eigenvalue weighted by Gasteiger charge is 2.15. The van der Waals surface area contributed by atoms with Gasteiger partial charge in [-0.25, -0.2) is 4.79 Å². The first-order chi connectivity index (χ1) is 11.3. The maximum absolute atomic E-state index is 11.7. The fraction of sp³-hybridized carbons (Fsp3) is 0.556. The molecule has 0 aliphatic carbocycles. The molecule has 0 saturated carbocycles. The van der Waals surface area contributed by atoms with Gasteiger partial charge in [-0.2, -0.15) is 0 Å². The van der Waals surface area contributed by atoms with Crippen LogP contribution in [0.1, 0.15) is 39.2 Å². The molecule has 0 spiro atoms. The fourth-order valence-electron chi connectivity index (χ4n) is 1.98. The molecule has 2 N–H and O–H groups in total. The first-order valence-corrected chi connectivity index (χ1v) is 8.16. The van der Waals surface area contributed by atoms with Crippen molar-refractivity contribution in [2.45, 2.75) is 45.6 Å². The lowest BCUT2D eigenvalue weighted by molar-refractivity contribution is -0.121. The quantitative estimate of drug-likeness (QED) is 0.716. The van der Waals surface area contributed by atoms with Crippen LogP contribution in [0.15, 0.2) is 24.3 Å². The van der Waals surface area contributed by atoms with Crippen LogP contribution in [0.5, 0.6) is 5.75 Å². The van der Waals surface area contributed by atoms with Gasteiger partial charge in [0, 0.05) is 19.5 Å². The molecule has 2 amide bonds. The van der Waals surface area contributed by atoms with Crippen molar-refractivity contribution in [1.82, 2.24) is 10.6 Å². The molecular weight excluding hydrogens is 308 g/mol. The van der Waals surface area contributed by atoms with E-state index in [-0.39, 0.29) is 5.91 Å². The van der Waals surface area contributed by atoms with Gasteiger partial charge in [-0.05, 0) is 51.3 Å². The summed E-state index contributed by atoms with van der Waals surface area (Å²) in [4.78, 5) is 23.2. The van der Waals surface area contributed by atoms with E-state index >= 15 is 0 Å². The SMILES string of the molecule is COc1ccc(CCNC(=O)CCCNC(=O)OC(C)(C)C)cc1. The lowest BCUT2D eigenvalue weighted by Gasteiger charge is -2.19. The van der Waals surface area contributed by atoms with Gasteiger partial charge in [0.05, 0.1) is 7.11 Å². The van der Waals surface area contributed by atoms with Gasteiger partial charge in [0.25, 0.3) is 0 Å². The lowest BCUT2D eigenvalue weighted by Crippen LogP contribution is -2.33. The Balaban J connectivity index is 2.10. The average molecular weight is 336 g/mol. The van der Waals surface area contributed by atoms with E-state index in [1.54, 1.807) is 7.11 Å². The van der Waals surface area contributed by atoms with E-state index in [4.69, 9.17) is 9.47 Å². The molecule has 134 valence electrons. The third-order valence-electron chi connectivity index (χ3n) is 3.14. The van der Waals surface area contributed by atoms with Crippen molar-refractivity contribution in [1.29, 1.82) is 0 Å². The molecular formula is C18H28N2O4. The van der Waals surface area contributed by atoms with Gasteiger partial charge in [0.15, 0.2) is 0 Å². The molecule has 0 heterocycles. The maximum Gasteiger partial charge on any atom is 0.407 e. The Morgan fingerprint density at radius 3 is 2.29 bits per heavy atom. The van der Waals surface area contributed by atoms with Gasteiger partial charge >= 0.3 is 6.09 Å². The van der Waals surface area contributed by atoms with E-state index < -0.39 is 11.7 Å². The molecule has 1 aromatic rings. The van der Waals surface area contributed by atoms with Crippen molar-refractivity contribution in [2.75, 3.05) is 20.2 Å². The molecule has 0 saturated heterocycles. The van der Waals surface area contributed by atoms with Crippen LogP contribution in [0.3, 0.4) is 0 Å². The Morgan fingerprint density at radius 1 is 1.04 bits per heavy atom. The standard InChI is InChI=1S/C18H28N2O4/c1-18(2,3)24-17(22)20-12-5-6-16(21)19-13-11-14-7-9-15(23-4)10-8-14/h7-10H,5-6,11-13H2,1-4H3,(H,19,21)(H,20,22). The minimum absolute atomic E-state index is 0.0190. The largest absolute Gasteiger partial charge is 0.497 e. The van der Waals surface area contributed by atoms with Gasteiger partial charge in [0.2, 0.25) is 5.91 Å². The maximum atomic E-state index is 11.7. The molecule has 0 bridgehead atoms. The van der Waals surface area contributed by atoms with Crippen LogP contribution in [0.25, 0.3) is 0 Å². The fourth-order valence-corrected chi connectivity index (χ4v) is 1.98. The molecule has 0 aromatic heterocycles. The van der Waals surface area contributed by atoms with Crippen LogP contribution in [0, 0.1) is 0 Å². The first-order valence-electron chi connectivity index (χ1n) is 8.16. The number of methoxy groups -OCH3 is 1. The summed E-state index contributed by atoms with van der Waals surface area (Å²) in [6, 6.07) is 7.77. The van der Waals surface area contributed by atoms with Crippen molar-refractivity contribution in [3.05, 3.63) is 29.8 Å². The summed E-state index contributed by atoms with van der Waals surface area (Å²) in [7, 11) is 1.63. The minimum atomic E-state index is -0.511. The second kappa shape index (κ2) is 9.80. The van der Waals surface area contributed by atoms with E-state index in [0.717, 1.165) is 17.7 Å². The van der Waals surface area contributed by atoms with Crippen LogP contribution >= 0.6 is 0 Å². The molecule has 0 aliphatic heterocycles. The topological polar surface area (TPSA) is 76.7 Å². The molecule has 6 nitrogen and oxygen atoms in total. The Bertz CT molecular complexity index is 521. The number of carbonyl (C=O) groups excluding carboxylic acids is 2. The van der Waals surface area contributed by atoms with E-state index in [2.05, 4.69) is 10.6 Å². The van der Waals surface area contributed by atoms with Crippen LogP contribution in [-0.2, 0) is 16.0 Å². The number of amides is 2. The molecule has 0 atom stereocenters. The zero-order valence-corrected chi connectivity index (χ0v) is 15.0. The Labute approximate surface area is 143 Å². The highest BCUT2D eigenvalue weighted by atomic mass is 16.6.